The Labute approximate surface area is 160 Å². The fraction of sp³-hybridized carbons (Fsp3) is 0.348. The predicted molar refractivity (Wildman–Crippen MR) is 107 cm³/mol. The van der Waals surface area contributed by atoms with E-state index >= 15 is 0 Å². The Kier molecular flexibility index (Phi) is 5.26. The van der Waals surface area contributed by atoms with E-state index in [1.165, 1.54) is 5.56 Å². The molecular weight excluding hydrogens is 336 g/mol. The molecule has 2 unspecified atom stereocenters. The van der Waals surface area contributed by atoms with Crippen molar-refractivity contribution in [2.45, 2.75) is 32.4 Å². The van der Waals surface area contributed by atoms with Crippen LogP contribution in [-0.4, -0.2) is 23.9 Å². The van der Waals surface area contributed by atoms with Crippen LogP contribution < -0.4 is 5.32 Å². The summed E-state index contributed by atoms with van der Waals surface area (Å²) >= 11 is 0. The Balaban J connectivity index is 1.37. The maximum atomic E-state index is 12.8. The molecule has 2 aromatic carbocycles. The number of benzene rings is 2. The highest BCUT2D eigenvalue weighted by Gasteiger charge is 2.27. The molecule has 1 fully saturated rings. The van der Waals surface area contributed by atoms with Crippen molar-refractivity contribution in [3.05, 3.63) is 72.0 Å². The summed E-state index contributed by atoms with van der Waals surface area (Å²) in [4.78, 5) is 15.2. The number of rotatable bonds is 5. The molecule has 0 saturated carbocycles. The minimum atomic E-state index is -0.130. The fourth-order valence-electron chi connectivity index (χ4n) is 3.87. The first-order valence-corrected chi connectivity index (χ1v) is 9.74. The predicted octanol–water partition coefficient (Wildman–Crippen LogP) is 4.52. The molecule has 1 saturated heterocycles. The molecule has 1 aliphatic rings. The summed E-state index contributed by atoms with van der Waals surface area (Å²) in [6, 6.07) is 20.3. The zero-order valence-corrected chi connectivity index (χ0v) is 15.7. The first-order valence-electron chi connectivity index (χ1n) is 9.74. The third kappa shape index (κ3) is 4.22. The minimum Gasteiger partial charge on any atom is -0.459 e. The van der Waals surface area contributed by atoms with Gasteiger partial charge in [0.05, 0.1) is 12.0 Å². The van der Waals surface area contributed by atoms with E-state index in [4.69, 9.17) is 4.42 Å². The highest BCUT2D eigenvalue weighted by atomic mass is 16.3. The van der Waals surface area contributed by atoms with Crippen molar-refractivity contribution in [1.29, 1.82) is 0 Å². The quantitative estimate of drug-likeness (QED) is 0.726. The molecule has 0 radical (unpaired) electrons. The topological polar surface area (TPSA) is 45.5 Å². The first kappa shape index (κ1) is 17.8. The van der Waals surface area contributed by atoms with Crippen LogP contribution in [0.3, 0.4) is 0 Å². The third-order valence-electron chi connectivity index (χ3n) is 5.36. The maximum Gasteiger partial charge on any atom is 0.224 e. The van der Waals surface area contributed by atoms with Gasteiger partial charge < -0.3 is 9.73 Å². The number of hydrogen-bond donors (Lipinski definition) is 1. The normalized spacial score (nSPS) is 19.1. The van der Waals surface area contributed by atoms with Gasteiger partial charge in [0.1, 0.15) is 11.3 Å². The van der Waals surface area contributed by atoms with E-state index in [9.17, 15) is 4.79 Å². The van der Waals surface area contributed by atoms with Crippen LogP contribution in [0.15, 0.2) is 65.1 Å². The van der Waals surface area contributed by atoms with E-state index in [1.54, 1.807) is 0 Å². The van der Waals surface area contributed by atoms with Crippen LogP contribution in [0.5, 0.6) is 0 Å². The molecule has 27 heavy (non-hydrogen) atoms. The molecule has 0 spiro atoms. The molecule has 0 aliphatic carbocycles. The summed E-state index contributed by atoms with van der Waals surface area (Å²) in [5.41, 5.74) is 2.16. The van der Waals surface area contributed by atoms with Crippen LogP contribution >= 0.6 is 0 Å². The lowest BCUT2D eigenvalue weighted by Crippen LogP contribution is -2.43. The lowest BCUT2D eigenvalue weighted by Gasteiger charge is -2.32. The van der Waals surface area contributed by atoms with Crippen LogP contribution in [0.4, 0.5) is 0 Å². The van der Waals surface area contributed by atoms with Crippen LogP contribution in [0.25, 0.3) is 11.0 Å². The molecular formula is C23H26N2O2. The summed E-state index contributed by atoms with van der Waals surface area (Å²) in [6.07, 6.45) is 2.01. The average molecular weight is 362 g/mol. The lowest BCUT2D eigenvalue weighted by atomic mass is 9.96. The standard InChI is InChI=1S/C23H26N2O2/c1-17(22-14-19-10-5-6-12-21(19)27-22)24-23(26)20-11-7-13-25(16-20)15-18-8-3-2-4-9-18/h2-6,8-10,12,14,17,20H,7,11,13,15-16H2,1H3,(H,24,26). The second-order valence-electron chi connectivity index (χ2n) is 7.48. The summed E-state index contributed by atoms with van der Waals surface area (Å²) in [5.74, 6) is 0.969. The number of amides is 1. The van der Waals surface area contributed by atoms with Gasteiger partial charge in [0.25, 0.3) is 0 Å². The van der Waals surface area contributed by atoms with Gasteiger partial charge >= 0.3 is 0 Å². The second kappa shape index (κ2) is 7.97. The molecule has 4 rings (SSSR count). The van der Waals surface area contributed by atoms with Gasteiger partial charge in [-0.1, -0.05) is 48.5 Å². The number of para-hydroxylation sites is 1. The highest BCUT2D eigenvalue weighted by molar-refractivity contribution is 5.80. The Hall–Kier alpha value is -2.59. The zero-order valence-electron chi connectivity index (χ0n) is 15.7. The molecule has 0 bridgehead atoms. The number of likely N-dealkylation sites (tertiary alicyclic amines) is 1. The Bertz CT molecular complexity index is 870. The minimum absolute atomic E-state index is 0.0364. The van der Waals surface area contributed by atoms with Gasteiger partial charge in [-0.2, -0.15) is 0 Å². The van der Waals surface area contributed by atoms with Crippen LogP contribution in [0, 0.1) is 5.92 Å². The molecule has 1 aliphatic heterocycles. The second-order valence-corrected chi connectivity index (χ2v) is 7.48. The van der Waals surface area contributed by atoms with Crippen molar-refractivity contribution in [1.82, 2.24) is 10.2 Å². The molecule has 2 atom stereocenters. The largest absolute Gasteiger partial charge is 0.459 e. The van der Waals surface area contributed by atoms with Gasteiger partial charge in [0.2, 0.25) is 5.91 Å². The third-order valence-corrected chi connectivity index (χ3v) is 5.36. The number of hydrogen-bond acceptors (Lipinski definition) is 3. The first-order chi connectivity index (χ1) is 13.2. The molecule has 4 nitrogen and oxygen atoms in total. The summed E-state index contributed by atoms with van der Waals surface area (Å²) in [6.45, 7) is 4.76. The molecule has 3 aromatic rings. The van der Waals surface area contributed by atoms with Gasteiger partial charge in [0.15, 0.2) is 0 Å². The number of nitrogens with zero attached hydrogens (tertiary/aromatic N) is 1. The van der Waals surface area contributed by atoms with E-state index in [-0.39, 0.29) is 17.9 Å². The zero-order chi connectivity index (χ0) is 18.6. The molecule has 140 valence electrons. The van der Waals surface area contributed by atoms with E-state index in [0.29, 0.717) is 0 Å². The monoisotopic (exact) mass is 362 g/mol. The smallest absolute Gasteiger partial charge is 0.224 e. The number of piperidine rings is 1. The van der Waals surface area contributed by atoms with Gasteiger partial charge in [0, 0.05) is 18.5 Å². The van der Waals surface area contributed by atoms with E-state index < -0.39 is 0 Å². The highest BCUT2D eigenvalue weighted by Crippen LogP contribution is 2.25. The number of fused-ring (bicyclic) bond motifs is 1. The van der Waals surface area contributed by atoms with Crippen LogP contribution in [-0.2, 0) is 11.3 Å². The summed E-state index contributed by atoms with van der Waals surface area (Å²) in [5, 5.41) is 4.22. The van der Waals surface area contributed by atoms with Crippen molar-refractivity contribution >= 4 is 16.9 Å². The van der Waals surface area contributed by atoms with E-state index in [2.05, 4.69) is 34.5 Å². The van der Waals surface area contributed by atoms with Crippen molar-refractivity contribution in [2.24, 2.45) is 5.92 Å². The van der Waals surface area contributed by atoms with Crippen molar-refractivity contribution in [3.8, 4) is 0 Å². The fourth-order valence-corrected chi connectivity index (χ4v) is 3.87. The van der Waals surface area contributed by atoms with Gasteiger partial charge in [-0.15, -0.1) is 0 Å². The molecule has 1 amide bonds. The van der Waals surface area contributed by atoms with E-state index in [0.717, 1.165) is 49.2 Å². The maximum absolute atomic E-state index is 12.8. The molecule has 4 heteroatoms. The molecule has 1 N–H and O–H groups in total. The Morgan fingerprint density at radius 1 is 1.19 bits per heavy atom. The van der Waals surface area contributed by atoms with Gasteiger partial charge in [-0.25, -0.2) is 0 Å². The number of carbonyl (C=O) groups excluding carboxylic acids is 1. The van der Waals surface area contributed by atoms with Crippen molar-refractivity contribution < 1.29 is 9.21 Å². The summed E-state index contributed by atoms with van der Waals surface area (Å²) < 4.78 is 5.89. The Morgan fingerprint density at radius 2 is 1.96 bits per heavy atom. The SMILES string of the molecule is CC(NC(=O)C1CCCN(Cc2ccccc2)C1)c1cc2ccccc2o1. The number of furan rings is 1. The Morgan fingerprint density at radius 3 is 2.78 bits per heavy atom. The molecule has 2 heterocycles. The van der Waals surface area contributed by atoms with Crippen molar-refractivity contribution in [2.75, 3.05) is 13.1 Å². The van der Waals surface area contributed by atoms with Gasteiger partial charge in [-0.3, -0.25) is 9.69 Å². The average Bonchev–Trinajstić information content (AvgIpc) is 3.13. The van der Waals surface area contributed by atoms with Crippen LogP contribution in [0.1, 0.15) is 37.1 Å². The summed E-state index contributed by atoms with van der Waals surface area (Å²) in [7, 11) is 0. The van der Waals surface area contributed by atoms with E-state index in [1.807, 2.05) is 43.3 Å². The van der Waals surface area contributed by atoms with Gasteiger partial charge in [-0.05, 0) is 44.0 Å². The van der Waals surface area contributed by atoms with Crippen LogP contribution in [0.2, 0.25) is 0 Å². The molecule has 1 aromatic heterocycles. The lowest BCUT2D eigenvalue weighted by molar-refractivity contribution is -0.127. The number of nitrogens with one attached hydrogen (secondary N) is 1. The number of carbonyl (C=O) groups is 1. The van der Waals surface area contributed by atoms with Crippen molar-refractivity contribution in [3.63, 3.8) is 0 Å².